The molecular formula is C14H27NaO2. The Labute approximate surface area is 128 Å². The van der Waals surface area contributed by atoms with Gasteiger partial charge < -0.3 is 5.11 Å². The van der Waals surface area contributed by atoms with Gasteiger partial charge in [0.15, 0.2) is 0 Å². The number of unbranched alkanes of at least 4 members (excludes halogenated alkanes) is 2. The second-order valence-electron chi connectivity index (χ2n) is 4.41. The molecular weight excluding hydrogens is 223 g/mol. The van der Waals surface area contributed by atoms with E-state index in [-0.39, 0.29) is 36.0 Å². The van der Waals surface area contributed by atoms with E-state index in [1.807, 2.05) is 6.08 Å². The zero-order valence-corrected chi connectivity index (χ0v) is 10.7. The minimum absolute atomic E-state index is 0. The molecule has 0 aliphatic rings. The van der Waals surface area contributed by atoms with Gasteiger partial charge in [-0.05, 0) is 18.8 Å². The maximum atomic E-state index is 10.3. The molecule has 2 nitrogen and oxygen atoms in total. The van der Waals surface area contributed by atoms with Gasteiger partial charge in [-0.3, -0.25) is 4.79 Å². The molecule has 0 aliphatic heterocycles. The first-order valence-corrected chi connectivity index (χ1v) is 6.57. The summed E-state index contributed by atoms with van der Waals surface area (Å²) in [6.45, 7) is 4.47. The van der Waals surface area contributed by atoms with Gasteiger partial charge in [0.25, 0.3) is 0 Å². The Morgan fingerprint density at radius 1 is 1.24 bits per heavy atom. The Morgan fingerprint density at radius 3 is 2.47 bits per heavy atom. The van der Waals surface area contributed by atoms with Crippen LogP contribution in [0.3, 0.4) is 0 Å². The first-order valence-electron chi connectivity index (χ1n) is 6.57. The summed E-state index contributed by atoms with van der Waals surface area (Å²) in [6.07, 6.45) is 12.7. The molecule has 0 fully saturated rings. The Morgan fingerprint density at radius 2 is 1.94 bits per heavy atom. The van der Waals surface area contributed by atoms with Crippen LogP contribution in [0.1, 0.15) is 65.2 Å². The third-order valence-corrected chi connectivity index (χ3v) is 2.95. The molecule has 0 rings (SSSR count). The fourth-order valence-electron chi connectivity index (χ4n) is 1.78. The average Bonchev–Trinajstić information content (AvgIpc) is 2.26. The molecule has 0 saturated carbocycles. The van der Waals surface area contributed by atoms with Crippen molar-refractivity contribution in [1.29, 1.82) is 0 Å². The van der Waals surface area contributed by atoms with E-state index in [2.05, 4.69) is 19.9 Å². The Balaban J connectivity index is 0. The summed E-state index contributed by atoms with van der Waals surface area (Å²) < 4.78 is 0. The summed E-state index contributed by atoms with van der Waals surface area (Å²) >= 11 is 0. The third-order valence-electron chi connectivity index (χ3n) is 2.95. The number of carboxylic acids is 1. The Bertz CT molecular complexity index is 202. The van der Waals surface area contributed by atoms with Crippen LogP contribution >= 0.6 is 0 Å². The second-order valence-corrected chi connectivity index (χ2v) is 4.41. The third kappa shape index (κ3) is 14.1. The van der Waals surface area contributed by atoms with Crippen LogP contribution in [0.15, 0.2) is 12.2 Å². The molecule has 0 saturated heterocycles. The van der Waals surface area contributed by atoms with Gasteiger partial charge in [0.2, 0.25) is 0 Å². The van der Waals surface area contributed by atoms with Gasteiger partial charge >= 0.3 is 35.5 Å². The minimum atomic E-state index is -0.709. The molecule has 96 valence electrons. The van der Waals surface area contributed by atoms with Gasteiger partial charge in [0, 0.05) is 6.42 Å². The van der Waals surface area contributed by atoms with Gasteiger partial charge in [-0.1, -0.05) is 58.1 Å². The number of carboxylic acid groups (broad SMARTS) is 1. The molecule has 0 aliphatic carbocycles. The SMILES string of the molecule is CCCCCC(CC)CC=CCCC(=O)O.[NaH]. The van der Waals surface area contributed by atoms with Crippen LogP contribution in [-0.4, -0.2) is 40.6 Å². The molecule has 17 heavy (non-hydrogen) atoms. The van der Waals surface area contributed by atoms with Crippen molar-refractivity contribution in [2.75, 3.05) is 0 Å². The molecule has 0 spiro atoms. The molecule has 3 heteroatoms. The maximum absolute atomic E-state index is 10.3. The van der Waals surface area contributed by atoms with Crippen molar-refractivity contribution < 1.29 is 9.90 Å². The number of allylic oxidation sites excluding steroid dienone is 2. The monoisotopic (exact) mass is 250 g/mol. The summed E-state index contributed by atoms with van der Waals surface area (Å²) in [5, 5.41) is 8.48. The van der Waals surface area contributed by atoms with E-state index in [1.54, 1.807) is 0 Å². The van der Waals surface area contributed by atoms with Crippen molar-refractivity contribution in [3.8, 4) is 0 Å². The van der Waals surface area contributed by atoms with Gasteiger partial charge in [0.05, 0.1) is 0 Å². The molecule has 1 unspecified atom stereocenters. The molecule has 0 amide bonds. The van der Waals surface area contributed by atoms with Gasteiger partial charge in [-0.25, -0.2) is 0 Å². The predicted octanol–water partition coefficient (Wildman–Crippen LogP) is 3.76. The predicted molar refractivity (Wildman–Crippen MR) is 75.7 cm³/mol. The van der Waals surface area contributed by atoms with Crippen molar-refractivity contribution in [3.05, 3.63) is 12.2 Å². The standard InChI is InChI=1S/C14H26O2.Na.H/c1-3-5-7-10-13(4-2)11-8-6-9-12-14(15)16;;/h6,8,13H,3-5,7,9-12H2,1-2H3,(H,15,16);;. The Kier molecular flexibility index (Phi) is 16.4. The van der Waals surface area contributed by atoms with E-state index in [9.17, 15) is 4.79 Å². The van der Waals surface area contributed by atoms with E-state index in [1.165, 1.54) is 32.1 Å². The van der Waals surface area contributed by atoms with Crippen LogP contribution in [0.5, 0.6) is 0 Å². The topological polar surface area (TPSA) is 37.3 Å². The van der Waals surface area contributed by atoms with Crippen molar-refractivity contribution in [3.63, 3.8) is 0 Å². The molecule has 0 aromatic heterocycles. The van der Waals surface area contributed by atoms with E-state index in [4.69, 9.17) is 5.11 Å². The average molecular weight is 250 g/mol. The van der Waals surface area contributed by atoms with E-state index >= 15 is 0 Å². The Hall–Kier alpha value is 0.210. The number of hydrogen-bond donors (Lipinski definition) is 1. The summed E-state index contributed by atoms with van der Waals surface area (Å²) in [5.41, 5.74) is 0. The molecule has 0 heterocycles. The molecule has 0 bridgehead atoms. The molecule has 1 atom stereocenters. The zero-order valence-electron chi connectivity index (χ0n) is 10.7. The molecule has 0 radical (unpaired) electrons. The van der Waals surface area contributed by atoms with Crippen LogP contribution in [0.4, 0.5) is 0 Å². The first kappa shape index (κ1) is 19.5. The zero-order chi connectivity index (χ0) is 12.2. The number of carbonyl (C=O) groups is 1. The van der Waals surface area contributed by atoms with E-state index < -0.39 is 5.97 Å². The quantitative estimate of drug-likeness (QED) is 0.364. The van der Waals surface area contributed by atoms with E-state index in [0.717, 1.165) is 12.3 Å². The van der Waals surface area contributed by atoms with Crippen LogP contribution < -0.4 is 0 Å². The fourth-order valence-corrected chi connectivity index (χ4v) is 1.78. The summed E-state index contributed by atoms with van der Waals surface area (Å²) in [7, 11) is 0. The molecule has 0 aromatic rings. The molecule has 0 aromatic carbocycles. The van der Waals surface area contributed by atoms with Crippen molar-refractivity contribution in [2.45, 2.75) is 65.2 Å². The van der Waals surface area contributed by atoms with Crippen LogP contribution in [-0.2, 0) is 4.79 Å². The van der Waals surface area contributed by atoms with Crippen molar-refractivity contribution >= 4 is 35.5 Å². The fraction of sp³-hybridized carbons (Fsp3) is 0.786. The summed E-state index contributed by atoms with van der Waals surface area (Å²) in [4.78, 5) is 10.3. The number of hydrogen-bond acceptors (Lipinski definition) is 1. The van der Waals surface area contributed by atoms with Gasteiger partial charge in [-0.15, -0.1) is 0 Å². The van der Waals surface area contributed by atoms with Crippen molar-refractivity contribution in [2.24, 2.45) is 5.92 Å². The van der Waals surface area contributed by atoms with Crippen LogP contribution in [0.25, 0.3) is 0 Å². The number of aliphatic carboxylic acids is 1. The van der Waals surface area contributed by atoms with Crippen LogP contribution in [0, 0.1) is 5.92 Å². The normalized spacial score (nSPS) is 12.4. The second kappa shape index (κ2) is 14.3. The first-order chi connectivity index (χ1) is 7.70. The van der Waals surface area contributed by atoms with E-state index in [0.29, 0.717) is 6.42 Å². The number of rotatable bonds is 10. The van der Waals surface area contributed by atoms with Crippen LogP contribution in [0.2, 0.25) is 0 Å². The van der Waals surface area contributed by atoms with Crippen molar-refractivity contribution in [1.82, 2.24) is 0 Å². The summed E-state index contributed by atoms with van der Waals surface area (Å²) in [5.74, 6) is 0.0762. The summed E-state index contributed by atoms with van der Waals surface area (Å²) in [6, 6.07) is 0. The van der Waals surface area contributed by atoms with Gasteiger partial charge in [0.1, 0.15) is 0 Å². The van der Waals surface area contributed by atoms with Gasteiger partial charge in [-0.2, -0.15) is 0 Å². The molecule has 1 N–H and O–H groups in total.